The van der Waals surface area contributed by atoms with E-state index in [1.807, 2.05) is 12.1 Å². The van der Waals surface area contributed by atoms with Crippen LogP contribution < -0.4 is 15.0 Å². The number of aromatic nitrogens is 1. The predicted molar refractivity (Wildman–Crippen MR) is 124 cm³/mol. The lowest BCUT2D eigenvalue weighted by molar-refractivity contribution is -0.116. The van der Waals surface area contributed by atoms with Crippen molar-refractivity contribution in [2.75, 3.05) is 49.5 Å². The predicted octanol–water partition coefficient (Wildman–Crippen LogP) is 3.32. The normalized spacial score (nSPS) is 19.5. The smallest absolute Gasteiger partial charge is 0.313 e. The Morgan fingerprint density at radius 3 is 2.65 bits per heavy atom. The molecular weight excluding hydrogens is 442 g/mol. The van der Waals surface area contributed by atoms with E-state index in [1.54, 1.807) is 18.2 Å². The van der Waals surface area contributed by atoms with Gasteiger partial charge in [0, 0.05) is 50.8 Å². The summed E-state index contributed by atoms with van der Waals surface area (Å²) in [5.74, 6) is -3.23. The van der Waals surface area contributed by atoms with Crippen LogP contribution in [-0.2, 0) is 17.6 Å². The zero-order chi connectivity index (χ0) is 23.7. The highest BCUT2D eigenvalue weighted by molar-refractivity contribution is 6.10. The van der Waals surface area contributed by atoms with Gasteiger partial charge >= 0.3 is 5.92 Å². The van der Waals surface area contributed by atoms with Gasteiger partial charge in [0.1, 0.15) is 5.82 Å². The second-order valence-electron chi connectivity index (χ2n) is 9.11. The summed E-state index contributed by atoms with van der Waals surface area (Å²) in [5, 5.41) is 2.78. The Hall–Kier alpha value is -3.07. The largest absolute Gasteiger partial charge is 0.478 e. The van der Waals surface area contributed by atoms with Crippen molar-refractivity contribution in [2.24, 2.45) is 0 Å². The number of ketones is 1. The maximum atomic E-state index is 13.9. The first kappa shape index (κ1) is 22.7. The average Bonchev–Trinajstić information content (AvgIpc) is 3.07. The second-order valence-corrected chi connectivity index (χ2v) is 9.11. The molecule has 34 heavy (non-hydrogen) atoms. The zero-order valence-corrected chi connectivity index (χ0v) is 19.0. The van der Waals surface area contributed by atoms with Crippen molar-refractivity contribution in [2.45, 2.75) is 38.0 Å². The first-order chi connectivity index (χ1) is 16.4. The Morgan fingerprint density at radius 2 is 1.82 bits per heavy atom. The quantitative estimate of drug-likeness (QED) is 0.626. The number of fused-ring (bicyclic) bond motifs is 2. The van der Waals surface area contributed by atoms with Crippen LogP contribution in [0.4, 0.5) is 20.3 Å². The number of anilines is 2. The van der Waals surface area contributed by atoms with E-state index in [-0.39, 0.29) is 11.5 Å². The molecule has 1 amide bonds. The molecule has 3 heterocycles. The van der Waals surface area contributed by atoms with E-state index in [4.69, 9.17) is 4.74 Å². The number of carbonyl (C=O) groups is 2. The Bertz CT molecular complexity index is 1100. The van der Waals surface area contributed by atoms with Crippen LogP contribution in [0.3, 0.4) is 0 Å². The molecule has 0 unspecified atom stereocenters. The molecule has 7 nitrogen and oxygen atoms in total. The van der Waals surface area contributed by atoms with Gasteiger partial charge in [0.15, 0.2) is 0 Å². The van der Waals surface area contributed by atoms with Crippen LogP contribution in [0.15, 0.2) is 30.3 Å². The molecule has 2 aliphatic heterocycles. The molecule has 1 aromatic heterocycles. The van der Waals surface area contributed by atoms with Gasteiger partial charge in [-0.3, -0.25) is 14.5 Å². The van der Waals surface area contributed by atoms with Crippen molar-refractivity contribution < 1.29 is 23.1 Å². The van der Waals surface area contributed by atoms with E-state index in [2.05, 4.69) is 20.1 Å². The third kappa shape index (κ3) is 4.61. The van der Waals surface area contributed by atoms with Gasteiger partial charge in [-0.2, -0.15) is 13.8 Å². The number of alkyl halides is 2. The number of benzene rings is 1. The lowest BCUT2D eigenvalue weighted by Gasteiger charge is -2.36. The van der Waals surface area contributed by atoms with Gasteiger partial charge in [0.25, 0.3) is 0 Å². The van der Waals surface area contributed by atoms with E-state index in [0.717, 1.165) is 38.0 Å². The van der Waals surface area contributed by atoms with Crippen LogP contribution in [0.5, 0.6) is 5.88 Å². The van der Waals surface area contributed by atoms with Crippen molar-refractivity contribution in [1.82, 2.24) is 9.88 Å². The fourth-order valence-electron chi connectivity index (χ4n) is 4.89. The van der Waals surface area contributed by atoms with Crippen molar-refractivity contribution in [1.29, 1.82) is 0 Å². The number of nitrogens with zero attached hydrogens (tertiary/aromatic N) is 3. The first-order valence-corrected chi connectivity index (χ1v) is 11.8. The van der Waals surface area contributed by atoms with E-state index >= 15 is 0 Å². The number of ether oxygens (including phenoxy) is 1. The number of hydrogen-bond acceptors (Lipinski definition) is 6. The summed E-state index contributed by atoms with van der Waals surface area (Å²) in [7, 11) is 0. The molecular formula is C25H28F2N4O3. The monoisotopic (exact) mass is 470 g/mol. The number of aryl methyl sites for hydroxylation is 1. The van der Waals surface area contributed by atoms with Gasteiger partial charge in [-0.15, -0.1) is 0 Å². The zero-order valence-electron chi connectivity index (χ0n) is 19.0. The van der Waals surface area contributed by atoms with Gasteiger partial charge in [-0.25, -0.2) is 0 Å². The molecule has 1 N–H and O–H groups in total. The molecule has 0 atom stereocenters. The van der Waals surface area contributed by atoms with Crippen molar-refractivity contribution >= 4 is 23.2 Å². The number of piperazine rings is 1. The molecule has 0 spiro atoms. The maximum Gasteiger partial charge on any atom is 0.313 e. The highest BCUT2D eigenvalue weighted by atomic mass is 19.3. The van der Waals surface area contributed by atoms with Gasteiger partial charge in [0.2, 0.25) is 17.6 Å². The molecule has 9 heteroatoms. The molecule has 0 radical (unpaired) electrons. The summed E-state index contributed by atoms with van der Waals surface area (Å²) in [4.78, 5) is 32.5. The Labute approximate surface area is 197 Å². The lowest BCUT2D eigenvalue weighted by atomic mass is 10.1. The van der Waals surface area contributed by atoms with Gasteiger partial charge in [0.05, 0.1) is 12.2 Å². The maximum absolute atomic E-state index is 13.9. The minimum Gasteiger partial charge on any atom is -0.478 e. The summed E-state index contributed by atoms with van der Waals surface area (Å²) < 4.78 is 33.6. The van der Waals surface area contributed by atoms with E-state index in [9.17, 15) is 18.4 Å². The molecule has 3 aliphatic rings. The number of halogens is 2. The highest BCUT2D eigenvalue weighted by Crippen LogP contribution is 2.39. The van der Waals surface area contributed by atoms with E-state index in [1.165, 1.54) is 0 Å². The number of pyridine rings is 1. The topological polar surface area (TPSA) is 74.8 Å². The van der Waals surface area contributed by atoms with Crippen LogP contribution in [-0.4, -0.2) is 66.8 Å². The average molecular weight is 471 g/mol. The number of carbonyl (C=O) groups excluding carboxylic acids is 2. The molecule has 1 aromatic carbocycles. The minimum absolute atomic E-state index is 0.0153. The van der Waals surface area contributed by atoms with Gasteiger partial charge in [-0.1, -0.05) is 12.1 Å². The third-order valence-electron chi connectivity index (χ3n) is 6.76. The molecule has 1 saturated heterocycles. The van der Waals surface area contributed by atoms with Crippen LogP contribution in [0.1, 0.15) is 40.7 Å². The molecule has 0 bridgehead atoms. The minimum atomic E-state index is -3.29. The van der Waals surface area contributed by atoms with Gasteiger partial charge in [-0.05, 0) is 49.1 Å². The fraction of sp³-hybridized carbons (Fsp3) is 0.480. The second kappa shape index (κ2) is 9.29. The van der Waals surface area contributed by atoms with Crippen molar-refractivity contribution in [3.05, 3.63) is 47.0 Å². The van der Waals surface area contributed by atoms with Crippen molar-refractivity contribution in [3.8, 4) is 5.88 Å². The lowest BCUT2D eigenvalue weighted by Crippen LogP contribution is -2.47. The highest BCUT2D eigenvalue weighted by Gasteiger charge is 2.48. The fourth-order valence-corrected chi connectivity index (χ4v) is 4.89. The Balaban J connectivity index is 1.06. The van der Waals surface area contributed by atoms with Crippen LogP contribution in [0.25, 0.3) is 0 Å². The van der Waals surface area contributed by atoms with Crippen LogP contribution in [0, 0.1) is 0 Å². The number of Topliss-reactive ketones (excluding diaryl/α,β-unsaturated/α-hetero) is 1. The standard InChI is InChI=1S/C25H28F2N4O3/c26-25(27)16-18-4-3-5-19(22(18)23(25)33)31-13-11-30(12-14-31)10-1-2-15-34-21-9-7-17-6-8-20(32)28-24(17)29-21/h3-5,7,9H,1-2,6,8,10-16H2,(H,28,29,32). The summed E-state index contributed by atoms with van der Waals surface area (Å²) in [6.45, 7) is 4.52. The third-order valence-corrected chi connectivity index (χ3v) is 6.76. The Kier molecular flexibility index (Phi) is 6.20. The summed E-state index contributed by atoms with van der Waals surface area (Å²) >= 11 is 0. The van der Waals surface area contributed by atoms with E-state index in [0.29, 0.717) is 55.5 Å². The number of hydrogen-bond donors (Lipinski definition) is 1. The summed E-state index contributed by atoms with van der Waals surface area (Å²) in [5.41, 5.74) is 2.32. The Morgan fingerprint density at radius 1 is 1.00 bits per heavy atom. The molecule has 5 rings (SSSR count). The summed E-state index contributed by atoms with van der Waals surface area (Å²) in [6.07, 6.45) is 2.54. The molecule has 1 fully saturated rings. The SMILES string of the molecule is O=C1CCc2ccc(OCCCCN3CCN(c4cccc5c4C(=O)C(F)(F)C5)CC3)nc2N1. The van der Waals surface area contributed by atoms with E-state index < -0.39 is 18.1 Å². The number of nitrogens with one attached hydrogen (secondary N) is 1. The molecule has 0 saturated carbocycles. The number of amides is 1. The summed E-state index contributed by atoms with van der Waals surface area (Å²) in [6, 6.07) is 8.97. The first-order valence-electron chi connectivity index (χ1n) is 11.8. The molecule has 1 aliphatic carbocycles. The molecule has 2 aromatic rings. The van der Waals surface area contributed by atoms with Gasteiger partial charge < -0.3 is 15.0 Å². The molecule has 180 valence electrons. The van der Waals surface area contributed by atoms with Crippen LogP contribution >= 0.6 is 0 Å². The number of rotatable bonds is 7. The van der Waals surface area contributed by atoms with Crippen LogP contribution in [0.2, 0.25) is 0 Å². The number of unbranched alkanes of at least 4 members (excludes halogenated alkanes) is 1. The van der Waals surface area contributed by atoms with Crippen molar-refractivity contribution in [3.63, 3.8) is 0 Å².